The molecule has 0 N–H and O–H groups in total. The fraction of sp³-hybridized carbons (Fsp3) is 0.765. The van der Waals surface area contributed by atoms with Crippen molar-refractivity contribution < 1.29 is 4.79 Å². The largest absolute Gasteiger partial charge is 0.338 e. The number of nitrogens with zero attached hydrogens (tertiary/aromatic N) is 4. The van der Waals surface area contributed by atoms with Gasteiger partial charge in [0.1, 0.15) is 0 Å². The van der Waals surface area contributed by atoms with E-state index in [0.29, 0.717) is 31.0 Å². The van der Waals surface area contributed by atoms with Gasteiger partial charge in [-0.3, -0.25) is 14.4 Å². The van der Waals surface area contributed by atoms with Crippen molar-refractivity contribution in [1.82, 2.24) is 19.6 Å². The number of carbonyl (C=O) groups is 1. The molecule has 3 rings (SSSR count). The van der Waals surface area contributed by atoms with E-state index in [-0.39, 0.29) is 0 Å². The van der Waals surface area contributed by atoms with Crippen LogP contribution >= 0.6 is 0 Å². The first-order valence-corrected chi connectivity index (χ1v) is 8.71. The number of aromatic nitrogens is 2. The molecule has 0 saturated carbocycles. The van der Waals surface area contributed by atoms with Crippen LogP contribution in [0.4, 0.5) is 0 Å². The van der Waals surface area contributed by atoms with Crippen LogP contribution in [0.1, 0.15) is 44.6 Å². The van der Waals surface area contributed by atoms with Crippen molar-refractivity contribution in [1.29, 1.82) is 0 Å². The third-order valence-corrected chi connectivity index (χ3v) is 5.20. The van der Waals surface area contributed by atoms with E-state index < -0.39 is 0 Å². The molecule has 0 aliphatic carbocycles. The fourth-order valence-electron chi connectivity index (χ4n) is 4.13. The van der Waals surface area contributed by atoms with Gasteiger partial charge < -0.3 is 4.90 Å². The summed E-state index contributed by atoms with van der Waals surface area (Å²) in [7, 11) is 0. The zero-order valence-electron chi connectivity index (χ0n) is 13.9. The summed E-state index contributed by atoms with van der Waals surface area (Å²) in [4.78, 5) is 17.4. The van der Waals surface area contributed by atoms with Gasteiger partial charge in [0.05, 0.1) is 6.20 Å². The molecule has 0 unspecified atom stereocenters. The molecule has 0 aromatic carbocycles. The van der Waals surface area contributed by atoms with E-state index in [1.54, 1.807) is 0 Å². The van der Waals surface area contributed by atoms with E-state index >= 15 is 0 Å². The maximum atomic E-state index is 12.7. The Labute approximate surface area is 133 Å². The van der Waals surface area contributed by atoms with Crippen LogP contribution < -0.4 is 0 Å². The topological polar surface area (TPSA) is 41.4 Å². The zero-order chi connectivity index (χ0) is 15.5. The summed E-state index contributed by atoms with van der Waals surface area (Å²) in [6.07, 6.45) is 9.28. The SMILES string of the molecule is CCN1CCC[C@@H]1[C@H]1CCCN1C(=O)CCn1cc(C)cn1. The standard InChI is InChI=1S/C17H28N4O/c1-3-19-9-4-6-15(19)16-7-5-10-21(16)17(22)8-11-20-13-14(2)12-18-20/h12-13,15-16H,3-11H2,1-2H3/t15-,16-/m1/s1. The molecule has 1 aromatic rings. The van der Waals surface area contributed by atoms with Crippen LogP contribution in [0.5, 0.6) is 0 Å². The highest BCUT2D eigenvalue weighted by molar-refractivity contribution is 5.76. The first kappa shape index (κ1) is 15.5. The predicted molar refractivity (Wildman–Crippen MR) is 86.6 cm³/mol. The Kier molecular flexibility index (Phi) is 4.81. The van der Waals surface area contributed by atoms with Crippen LogP contribution in [0.25, 0.3) is 0 Å². The molecule has 2 aliphatic rings. The van der Waals surface area contributed by atoms with Gasteiger partial charge in [-0.25, -0.2) is 0 Å². The number of likely N-dealkylation sites (tertiary alicyclic amines) is 2. The van der Waals surface area contributed by atoms with Crippen molar-refractivity contribution in [2.24, 2.45) is 0 Å². The van der Waals surface area contributed by atoms with E-state index in [9.17, 15) is 4.79 Å². The molecule has 22 heavy (non-hydrogen) atoms. The molecule has 0 spiro atoms. The number of hydrogen-bond donors (Lipinski definition) is 0. The first-order chi connectivity index (χ1) is 10.7. The van der Waals surface area contributed by atoms with Gasteiger partial charge in [-0.05, 0) is 51.3 Å². The van der Waals surface area contributed by atoms with Crippen molar-refractivity contribution in [3.05, 3.63) is 18.0 Å². The zero-order valence-corrected chi connectivity index (χ0v) is 13.9. The van der Waals surface area contributed by atoms with Crippen molar-refractivity contribution in [3.63, 3.8) is 0 Å². The molecule has 1 aromatic heterocycles. The first-order valence-electron chi connectivity index (χ1n) is 8.71. The molecule has 1 amide bonds. The van der Waals surface area contributed by atoms with Gasteiger partial charge >= 0.3 is 0 Å². The molecule has 2 fully saturated rings. The van der Waals surface area contributed by atoms with Gasteiger partial charge in [0.15, 0.2) is 0 Å². The van der Waals surface area contributed by atoms with Crippen LogP contribution in [0.3, 0.4) is 0 Å². The number of likely N-dealkylation sites (N-methyl/N-ethyl adjacent to an activating group) is 1. The third-order valence-electron chi connectivity index (χ3n) is 5.20. The van der Waals surface area contributed by atoms with E-state index in [4.69, 9.17) is 0 Å². The van der Waals surface area contributed by atoms with Gasteiger partial charge in [-0.2, -0.15) is 5.10 Å². The van der Waals surface area contributed by atoms with Gasteiger partial charge in [0.2, 0.25) is 5.91 Å². The second-order valence-corrected chi connectivity index (χ2v) is 6.67. The minimum absolute atomic E-state index is 0.304. The summed E-state index contributed by atoms with van der Waals surface area (Å²) in [6.45, 7) is 8.20. The summed E-state index contributed by atoms with van der Waals surface area (Å²) >= 11 is 0. The number of aryl methyl sites for hydroxylation is 2. The van der Waals surface area contributed by atoms with Crippen LogP contribution in [0.15, 0.2) is 12.4 Å². The predicted octanol–water partition coefficient (Wildman–Crippen LogP) is 2.06. The molecular weight excluding hydrogens is 276 g/mol. The Morgan fingerprint density at radius 1 is 1.27 bits per heavy atom. The van der Waals surface area contributed by atoms with Crippen molar-refractivity contribution in [3.8, 4) is 0 Å². The van der Waals surface area contributed by atoms with E-state index in [0.717, 1.165) is 25.1 Å². The lowest BCUT2D eigenvalue weighted by molar-refractivity contribution is -0.133. The third kappa shape index (κ3) is 3.19. The lowest BCUT2D eigenvalue weighted by Gasteiger charge is -2.34. The van der Waals surface area contributed by atoms with Crippen LogP contribution in [-0.2, 0) is 11.3 Å². The van der Waals surface area contributed by atoms with E-state index in [1.807, 2.05) is 24.0 Å². The minimum atomic E-state index is 0.304. The van der Waals surface area contributed by atoms with Crippen LogP contribution in [0.2, 0.25) is 0 Å². The monoisotopic (exact) mass is 304 g/mol. The average Bonchev–Trinajstić information content (AvgIpc) is 3.23. The molecule has 5 nitrogen and oxygen atoms in total. The number of rotatable bonds is 5. The Morgan fingerprint density at radius 3 is 2.77 bits per heavy atom. The molecule has 3 heterocycles. The highest BCUT2D eigenvalue weighted by Crippen LogP contribution is 2.30. The molecule has 5 heteroatoms. The van der Waals surface area contributed by atoms with Crippen LogP contribution in [-0.4, -0.2) is 57.2 Å². The maximum Gasteiger partial charge on any atom is 0.224 e. The molecule has 2 atom stereocenters. The summed E-state index contributed by atoms with van der Waals surface area (Å²) < 4.78 is 1.88. The van der Waals surface area contributed by atoms with E-state index in [1.165, 1.54) is 25.8 Å². The Hall–Kier alpha value is -1.36. The van der Waals surface area contributed by atoms with Crippen molar-refractivity contribution in [2.75, 3.05) is 19.6 Å². The number of carbonyl (C=O) groups excluding carboxylic acids is 1. The van der Waals surface area contributed by atoms with Crippen molar-refractivity contribution in [2.45, 2.75) is 64.6 Å². The lowest BCUT2D eigenvalue weighted by Crippen LogP contribution is -2.48. The Balaban J connectivity index is 1.58. The van der Waals surface area contributed by atoms with E-state index in [2.05, 4.69) is 21.8 Å². The fourth-order valence-corrected chi connectivity index (χ4v) is 4.13. The lowest BCUT2D eigenvalue weighted by atomic mass is 10.0. The summed E-state index contributed by atoms with van der Waals surface area (Å²) in [5.74, 6) is 0.304. The molecule has 2 aliphatic heterocycles. The second kappa shape index (κ2) is 6.82. The van der Waals surface area contributed by atoms with Gasteiger partial charge in [-0.1, -0.05) is 6.92 Å². The Bertz CT molecular complexity index is 513. The summed E-state index contributed by atoms with van der Waals surface area (Å²) in [5, 5.41) is 4.27. The van der Waals surface area contributed by atoms with Crippen LogP contribution in [0, 0.1) is 6.92 Å². The van der Waals surface area contributed by atoms with Gasteiger partial charge in [0, 0.05) is 37.8 Å². The smallest absolute Gasteiger partial charge is 0.224 e. The van der Waals surface area contributed by atoms with Gasteiger partial charge in [0.25, 0.3) is 0 Å². The number of hydrogen-bond acceptors (Lipinski definition) is 3. The van der Waals surface area contributed by atoms with Crippen molar-refractivity contribution >= 4 is 5.91 Å². The Morgan fingerprint density at radius 2 is 2.05 bits per heavy atom. The molecule has 0 radical (unpaired) electrons. The number of amides is 1. The quantitative estimate of drug-likeness (QED) is 0.836. The molecule has 2 saturated heterocycles. The maximum absolute atomic E-state index is 12.7. The molecular formula is C17H28N4O. The normalized spacial score (nSPS) is 26.0. The highest BCUT2D eigenvalue weighted by atomic mass is 16.2. The second-order valence-electron chi connectivity index (χ2n) is 6.67. The summed E-state index contributed by atoms with van der Waals surface area (Å²) in [6, 6.07) is 1.03. The molecule has 122 valence electrons. The molecule has 0 bridgehead atoms. The minimum Gasteiger partial charge on any atom is -0.338 e. The summed E-state index contributed by atoms with van der Waals surface area (Å²) in [5.41, 5.74) is 1.15. The average molecular weight is 304 g/mol. The van der Waals surface area contributed by atoms with Gasteiger partial charge in [-0.15, -0.1) is 0 Å². The highest BCUT2D eigenvalue weighted by Gasteiger charge is 2.38.